The number of methoxy groups -OCH3 is 1. The molecule has 0 saturated carbocycles. The highest BCUT2D eigenvalue weighted by Gasteiger charge is 2.07. The maximum absolute atomic E-state index is 6.11. The Morgan fingerprint density at radius 1 is 1.00 bits per heavy atom. The van der Waals surface area contributed by atoms with E-state index in [9.17, 15) is 0 Å². The van der Waals surface area contributed by atoms with Gasteiger partial charge < -0.3 is 10.1 Å². The van der Waals surface area contributed by atoms with Crippen LogP contribution < -0.4 is 10.1 Å². The van der Waals surface area contributed by atoms with Gasteiger partial charge in [-0.1, -0.05) is 46.9 Å². The van der Waals surface area contributed by atoms with Crippen molar-refractivity contribution in [2.24, 2.45) is 0 Å². The van der Waals surface area contributed by atoms with Crippen molar-refractivity contribution in [3.63, 3.8) is 0 Å². The number of hydrogen-bond donors (Lipinski definition) is 1. The lowest BCUT2D eigenvalue weighted by atomic mass is 10.1. The highest BCUT2D eigenvalue weighted by Crippen LogP contribution is 2.33. The van der Waals surface area contributed by atoms with Gasteiger partial charge in [-0.3, -0.25) is 0 Å². The van der Waals surface area contributed by atoms with Crippen molar-refractivity contribution in [2.75, 3.05) is 19.0 Å². The topological polar surface area (TPSA) is 21.3 Å². The summed E-state index contributed by atoms with van der Waals surface area (Å²) in [6.45, 7) is 0.730. The lowest BCUT2D eigenvalue weighted by Gasteiger charge is -2.11. The summed E-state index contributed by atoms with van der Waals surface area (Å²) < 4.78 is 5.12. The molecule has 0 amide bonds. The SMILES string of the molecule is COc1ccc(CCNc2c(Cl)cc(Cl)cc2Cl)cc1. The van der Waals surface area contributed by atoms with Crippen molar-refractivity contribution in [1.82, 2.24) is 0 Å². The van der Waals surface area contributed by atoms with Crippen molar-refractivity contribution in [3.05, 3.63) is 57.0 Å². The largest absolute Gasteiger partial charge is 0.497 e. The zero-order chi connectivity index (χ0) is 14.5. The molecular formula is C15H14Cl3NO. The summed E-state index contributed by atoms with van der Waals surface area (Å²) in [6.07, 6.45) is 0.860. The molecule has 106 valence electrons. The summed E-state index contributed by atoms with van der Waals surface area (Å²) in [7, 11) is 1.65. The van der Waals surface area contributed by atoms with Crippen LogP contribution in [0.1, 0.15) is 5.56 Å². The quantitative estimate of drug-likeness (QED) is 0.802. The normalized spacial score (nSPS) is 10.4. The van der Waals surface area contributed by atoms with Crippen LogP contribution >= 0.6 is 34.8 Å². The minimum atomic E-state index is 0.525. The van der Waals surface area contributed by atoms with E-state index in [1.165, 1.54) is 5.56 Å². The van der Waals surface area contributed by atoms with E-state index in [1.54, 1.807) is 19.2 Å². The number of ether oxygens (including phenoxy) is 1. The Bertz CT molecular complexity index is 561. The first-order valence-electron chi connectivity index (χ1n) is 6.11. The Balaban J connectivity index is 1.95. The molecule has 0 aromatic heterocycles. The molecule has 0 spiro atoms. The molecule has 0 unspecified atom stereocenters. The predicted octanol–water partition coefficient (Wildman–Crippen LogP) is 5.31. The van der Waals surface area contributed by atoms with Crippen LogP contribution in [0.4, 0.5) is 5.69 Å². The maximum Gasteiger partial charge on any atom is 0.118 e. The van der Waals surface area contributed by atoms with Gasteiger partial charge in [0.05, 0.1) is 22.8 Å². The molecular weight excluding hydrogens is 317 g/mol. The average Bonchev–Trinajstić information content (AvgIpc) is 2.42. The lowest BCUT2D eigenvalue weighted by molar-refractivity contribution is 0.414. The van der Waals surface area contributed by atoms with Crippen LogP contribution in [0.3, 0.4) is 0 Å². The molecule has 0 saturated heterocycles. The molecule has 5 heteroatoms. The van der Waals surface area contributed by atoms with Crippen molar-refractivity contribution >= 4 is 40.5 Å². The van der Waals surface area contributed by atoms with E-state index in [-0.39, 0.29) is 0 Å². The number of halogens is 3. The van der Waals surface area contributed by atoms with Gasteiger partial charge in [0, 0.05) is 11.6 Å². The Morgan fingerprint density at radius 2 is 1.60 bits per heavy atom. The molecule has 0 heterocycles. The van der Waals surface area contributed by atoms with E-state index in [1.807, 2.05) is 24.3 Å². The highest BCUT2D eigenvalue weighted by molar-refractivity contribution is 6.41. The fourth-order valence-corrected chi connectivity index (χ4v) is 2.79. The van der Waals surface area contributed by atoms with E-state index in [4.69, 9.17) is 39.5 Å². The van der Waals surface area contributed by atoms with E-state index < -0.39 is 0 Å². The van der Waals surface area contributed by atoms with Crippen LogP contribution in [0.2, 0.25) is 15.1 Å². The summed E-state index contributed by atoms with van der Waals surface area (Å²) in [5, 5.41) is 4.81. The molecule has 20 heavy (non-hydrogen) atoms. The molecule has 0 fully saturated rings. The zero-order valence-electron chi connectivity index (χ0n) is 10.9. The monoisotopic (exact) mass is 329 g/mol. The van der Waals surface area contributed by atoms with Crippen LogP contribution in [0.15, 0.2) is 36.4 Å². The van der Waals surface area contributed by atoms with Gasteiger partial charge in [-0.05, 0) is 36.2 Å². The first-order chi connectivity index (χ1) is 9.60. The molecule has 0 aliphatic rings. The maximum atomic E-state index is 6.11. The second-order valence-corrected chi connectivity index (χ2v) is 5.52. The molecule has 2 aromatic rings. The van der Waals surface area contributed by atoms with Gasteiger partial charge in [-0.25, -0.2) is 0 Å². The number of nitrogens with one attached hydrogen (secondary N) is 1. The fourth-order valence-electron chi connectivity index (χ4n) is 1.84. The number of hydrogen-bond acceptors (Lipinski definition) is 2. The Labute approximate surface area is 133 Å². The minimum Gasteiger partial charge on any atom is -0.497 e. The van der Waals surface area contributed by atoms with E-state index in [2.05, 4.69) is 5.32 Å². The minimum absolute atomic E-state index is 0.525. The molecule has 2 aromatic carbocycles. The molecule has 2 rings (SSSR count). The first-order valence-corrected chi connectivity index (χ1v) is 7.25. The van der Waals surface area contributed by atoms with Crippen LogP contribution in [0.25, 0.3) is 0 Å². The third-order valence-corrected chi connectivity index (χ3v) is 3.70. The van der Waals surface area contributed by atoms with E-state index in [0.29, 0.717) is 20.8 Å². The molecule has 1 N–H and O–H groups in total. The molecule has 2 nitrogen and oxygen atoms in total. The van der Waals surface area contributed by atoms with Crippen molar-refractivity contribution in [2.45, 2.75) is 6.42 Å². The van der Waals surface area contributed by atoms with E-state index >= 15 is 0 Å². The Morgan fingerprint density at radius 3 is 2.15 bits per heavy atom. The number of benzene rings is 2. The summed E-state index contributed by atoms with van der Waals surface area (Å²) >= 11 is 18.1. The van der Waals surface area contributed by atoms with Gasteiger partial charge >= 0.3 is 0 Å². The number of anilines is 1. The van der Waals surface area contributed by atoms with Crippen molar-refractivity contribution in [1.29, 1.82) is 0 Å². The smallest absolute Gasteiger partial charge is 0.118 e. The second kappa shape index (κ2) is 7.07. The van der Waals surface area contributed by atoms with Gasteiger partial charge in [0.15, 0.2) is 0 Å². The van der Waals surface area contributed by atoms with Gasteiger partial charge in [-0.15, -0.1) is 0 Å². The van der Waals surface area contributed by atoms with Crippen LogP contribution in [0.5, 0.6) is 5.75 Å². The third-order valence-electron chi connectivity index (χ3n) is 2.88. The molecule has 0 radical (unpaired) electrons. The summed E-state index contributed by atoms with van der Waals surface area (Å²) in [4.78, 5) is 0. The summed E-state index contributed by atoms with van der Waals surface area (Å²) in [6, 6.07) is 11.3. The number of rotatable bonds is 5. The second-order valence-electron chi connectivity index (χ2n) is 4.27. The third kappa shape index (κ3) is 3.95. The van der Waals surface area contributed by atoms with Crippen molar-refractivity contribution in [3.8, 4) is 5.75 Å². The zero-order valence-corrected chi connectivity index (χ0v) is 13.2. The average molecular weight is 331 g/mol. The molecule has 0 aliphatic heterocycles. The van der Waals surface area contributed by atoms with Crippen LogP contribution in [-0.4, -0.2) is 13.7 Å². The lowest BCUT2D eigenvalue weighted by Crippen LogP contribution is -2.05. The molecule has 0 aliphatic carbocycles. The van der Waals surface area contributed by atoms with Gasteiger partial charge in [0.25, 0.3) is 0 Å². The van der Waals surface area contributed by atoms with Gasteiger partial charge in [-0.2, -0.15) is 0 Å². The van der Waals surface area contributed by atoms with Crippen LogP contribution in [0, 0.1) is 0 Å². The standard InChI is InChI=1S/C15H14Cl3NO/c1-20-12-4-2-10(3-5-12)6-7-19-15-13(17)8-11(16)9-14(15)18/h2-5,8-9,19H,6-7H2,1H3. The van der Waals surface area contributed by atoms with Gasteiger partial charge in [0.2, 0.25) is 0 Å². The fraction of sp³-hybridized carbons (Fsp3) is 0.200. The van der Waals surface area contributed by atoms with E-state index in [0.717, 1.165) is 18.7 Å². The molecule has 0 atom stereocenters. The Kier molecular flexibility index (Phi) is 5.41. The first kappa shape index (κ1) is 15.3. The van der Waals surface area contributed by atoms with Crippen molar-refractivity contribution < 1.29 is 4.74 Å². The highest BCUT2D eigenvalue weighted by atomic mass is 35.5. The summed E-state index contributed by atoms with van der Waals surface area (Å²) in [5.41, 5.74) is 1.92. The summed E-state index contributed by atoms with van der Waals surface area (Å²) in [5.74, 6) is 0.852. The van der Waals surface area contributed by atoms with Gasteiger partial charge in [0.1, 0.15) is 5.75 Å². The molecule has 0 bridgehead atoms. The predicted molar refractivity (Wildman–Crippen MR) is 86.7 cm³/mol. The Hall–Kier alpha value is -1.09. The van der Waals surface area contributed by atoms with Crippen LogP contribution in [-0.2, 0) is 6.42 Å².